The molecule has 1 saturated heterocycles. The zero-order chi connectivity index (χ0) is 12.7. The van der Waals surface area contributed by atoms with E-state index in [1.54, 1.807) is 0 Å². The van der Waals surface area contributed by atoms with E-state index in [2.05, 4.69) is 13.8 Å². The highest BCUT2D eigenvalue weighted by atomic mass is 16.6. The molecule has 0 unspecified atom stereocenters. The summed E-state index contributed by atoms with van der Waals surface area (Å²) in [7, 11) is 0. The number of hydrogen-bond acceptors (Lipinski definition) is 3. The molecule has 98 valence electrons. The molecule has 0 aromatic heterocycles. The maximum atomic E-state index is 11.9. The van der Waals surface area contributed by atoms with E-state index in [1.165, 1.54) is 6.42 Å². The summed E-state index contributed by atoms with van der Waals surface area (Å²) in [5.41, 5.74) is 0.459. The van der Waals surface area contributed by atoms with Crippen molar-refractivity contribution in [2.75, 3.05) is 0 Å². The number of cyclic esters (lactones) is 2. The smallest absolute Gasteiger partial charge is 0.317 e. The van der Waals surface area contributed by atoms with Crippen molar-refractivity contribution < 1.29 is 14.3 Å². The van der Waals surface area contributed by atoms with Gasteiger partial charge in [-0.15, -0.1) is 0 Å². The molecule has 4 saturated carbocycles. The molecule has 5 fully saturated rings. The predicted octanol–water partition coefficient (Wildman–Crippen LogP) is 2.39. The van der Waals surface area contributed by atoms with E-state index in [1.807, 2.05) is 0 Å². The van der Waals surface area contributed by atoms with Gasteiger partial charge in [0.25, 0.3) is 0 Å². The lowest BCUT2D eigenvalue weighted by Crippen LogP contribution is -2.59. The second kappa shape index (κ2) is 3.17. The van der Waals surface area contributed by atoms with E-state index in [9.17, 15) is 9.59 Å². The molecule has 3 nitrogen and oxygen atoms in total. The summed E-state index contributed by atoms with van der Waals surface area (Å²) in [6.45, 7) is 4.76. The molecule has 1 aliphatic heterocycles. The van der Waals surface area contributed by atoms with E-state index < -0.39 is 0 Å². The Kier molecular flexibility index (Phi) is 1.94. The quantitative estimate of drug-likeness (QED) is 0.488. The molecule has 0 radical (unpaired) electrons. The molecule has 0 spiro atoms. The van der Waals surface area contributed by atoms with Gasteiger partial charge in [0, 0.05) is 0 Å². The molecule has 5 aliphatic rings. The fourth-order valence-electron chi connectivity index (χ4n) is 5.51. The Morgan fingerprint density at radius 3 is 2.56 bits per heavy atom. The minimum Gasteiger partial charge on any atom is -0.393 e. The van der Waals surface area contributed by atoms with Crippen LogP contribution in [0.4, 0.5) is 0 Å². The molecular formula is C15H20O3. The highest BCUT2D eigenvalue weighted by molar-refractivity contribution is 5.96. The van der Waals surface area contributed by atoms with Gasteiger partial charge in [-0.2, -0.15) is 0 Å². The third kappa shape index (κ3) is 1.11. The van der Waals surface area contributed by atoms with Crippen molar-refractivity contribution >= 4 is 11.9 Å². The minimum atomic E-state index is -0.248. The first-order valence-electron chi connectivity index (χ1n) is 7.25. The molecular weight excluding hydrogens is 228 g/mol. The van der Waals surface area contributed by atoms with E-state index in [4.69, 9.17) is 4.74 Å². The molecule has 18 heavy (non-hydrogen) atoms. The Balaban J connectivity index is 1.67. The molecule has 6 atom stereocenters. The fourth-order valence-corrected chi connectivity index (χ4v) is 5.51. The maximum Gasteiger partial charge on any atom is 0.317 e. The van der Waals surface area contributed by atoms with Gasteiger partial charge in [-0.25, -0.2) is 0 Å². The summed E-state index contributed by atoms with van der Waals surface area (Å²) in [6.07, 6.45) is 4.47. The van der Waals surface area contributed by atoms with Crippen LogP contribution in [0.5, 0.6) is 0 Å². The molecule has 0 amide bonds. The normalized spacial score (nSPS) is 52.1. The van der Waals surface area contributed by atoms with Crippen LogP contribution in [0.15, 0.2) is 0 Å². The third-order valence-corrected chi connectivity index (χ3v) is 6.65. The maximum absolute atomic E-state index is 11.9. The molecule has 1 heterocycles. The number of esters is 2. The Morgan fingerprint density at radius 2 is 1.83 bits per heavy atom. The molecule has 4 aliphatic carbocycles. The van der Waals surface area contributed by atoms with Crippen molar-refractivity contribution in [3.63, 3.8) is 0 Å². The van der Waals surface area contributed by atoms with Crippen LogP contribution >= 0.6 is 0 Å². The molecule has 0 N–H and O–H groups in total. The Labute approximate surface area is 107 Å². The van der Waals surface area contributed by atoms with Crippen LogP contribution in [-0.4, -0.2) is 11.9 Å². The summed E-state index contributed by atoms with van der Waals surface area (Å²) < 4.78 is 4.88. The van der Waals surface area contributed by atoms with Crippen molar-refractivity contribution in [2.24, 2.45) is 40.9 Å². The number of ether oxygens (including phenoxy) is 1. The number of carbonyl (C=O) groups is 2. The first-order chi connectivity index (χ1) is 8.50. The highest BCUT2D eigenvalue weighted by Gasteiger charge is 2.63. The summed E-state index contributed by atoms with van der Waals surface area (Å²) in [5, 5.41) is 0. The van der Waals surface area contributed by atoms with Crippen LogP contribution in [0.3, 0.4) is 0 Å². The van der Waals surface area contributed by atoms with Crippen LogP contribution in [0, 0.1) is 40.9 Å². The summed E-state index contributed by atoms with van der Waals surface area (Å²) in [5.74, 6) is 1.93. The largest absolute Gasteiger partial charge is 0.393 e. The van der Waals surface area contributed by atoms with Crippen LogP contribution < -0.4 is 0 Å². The lowest BCUT2D eigenvalue weighted by atomic mass is 9.40. The lowest BCUT2D eigenvalue weighted by molar-refractivity contribution is -0.171. The number of fused-ring (bicyclic) bond motifs is 1. The van der Waals surface area contributed by atoms with Gasteiger partial charge in [0.15, 0.2) is 0 Å². The second-order valence-corrected chi connectivity index (χ2v) is 7.37. The van der Waals surface area contributed by atoms with Crippen LogP contribution in [0.25, 0.3) is 0 Å². The van der Waals surface area contributed by atoms with Gasteiger partial charge in [-0.3, -0.25) is 9.59 Å². The van der Waals surface area contributed by atoms with Gasteiger partial charge in [-0.1, -0.05) is 13.8 Å². The Morgan fingerprint density at radius 1 is 1.06 bits per heavy atom. The molecule has 0 aromatic carbocycles. The van der Waals surface area contributed by atoms with Crippen molar-refractivity contribution in [3.8, 4) is 0 Å². The van der Waals surface area contributed by atoms with E-state index in [0.717, 1.165) is 31.1 Å². The molecule has 0 aromatic rings. The summed E-state index contributed by atoms with van der Waals surface area (Å²) in [4.78, 5) is 23.6. The van der Waals surface area contributed by atoms with Crippen LogP contribution in [0.1, 0.15) is 39.5 Å². The average molecular weight is 248 g/mol. The first-order valence-corrected chi connectivity index (χ1v) is 7.25. The number of carbonyl (C=O) groups excluding carboxylic acids is 2. The fraction of sp³-hybridized carbons (Fsp3) is 0.867. The van der Waals surface area contributed by atoms with Crippen molar-refractivity contribution in [3.05, 3.63) is 0 Å². The van der Waals surface area contributed by atoms with Gasteiger partial charge in [0.05, 0.1) is 11.8 Å². The summed E-state index contributed by atoms with van der Waals surface area (Å²) >= 11 is 0. The Hall–Kier alpha value is -0.860. The van der Waals surface area contributed by atoms with E-state index in [0.29, 0.717) is 17.3 Å². The van der Waals surface area contributed by atoms with Gasteiger partial charge in [0.1, 0.15) is 0 Å². The van der Waals surface area contributed by atoms with Gasteiger partial charge >= 0.3 is 11.9 Å². The van der Waals surface area contributed by atoms with Gasteiger partial charge in [-0.05, 0) is 54.8 Å². The highest BCUT2D eigenvalue weighted by Crippen LogP contribution is 2.67. The zero-order valence-electron chi connectivity index (χ0n) is 11.0. The van der Waals surface area contributed by atoms with E-state index >= 15 is 0 Å². The average Bonchev–Trinajstić information content (AvgIpc) is 2.64. The molecule has 2 bridgehead atoms. The van der Waals surface area contributed by atoms with E-state index in [-0.39, 0.29) is 23.8 Å². The van der Waals surface area contributed by atoms with Crippen molar-refractivity contribution in [1.29, 1.82) is 0 Å². The first kappa shape index (κ1) is 11.0. The van der Waals surface area contributed by atoms with Gasteiger partial charge in [0.2, 0.25) is 0 Å². The topological polar surface area (TPSA) is 43.4 Å². The van der Waals surface area contributed by atoms with Gasteiger partial charge < -0.3 is 4.74 Å². The van der Waals surface area contributed by atoms with Crippen LogP contribution in [0.2, 0.25) is 0 Å². The monoisotopic (exact) mass is 248 g/mol. The lowest BCUT2D eigenvalue weighted by Gasteiger charge is -2.64. The molecule has 5 rings (SSSR count). The summed E-state index contributed by atoms with van der Waals surface area (Å²) in [6, 6.07) is 0. The van der Waals surface area contributed by atoms with Crippen molar-refractivity contribution in [2.45, 2.75) is 39.5 Å². The second-order valence-electron chi connectivity index (χ2n) is 7.37. The predicted molar refractivity (Wildman–Crippen MR) is 64.3 cm³/mol. The molecule has 3 heteroatoms. The Bertz CT molecular complexity index is 439. The zero-order valence-corrected chi connectivity index (χ0v) is 11.0. The van der Waals surface area contributed by atoms with Crippen LogP contribution in [-0.2, 0) is 14.3 Å². The number of rotatable bonds is 0. The van der Waals surface area contributed by atoms with Crippen molar-refractivity contribution in [1.82, 2.24) is 0 Å². The standard InChI is InChI=1S/C15H20O3/c1-15(2)7-5-10-8(11(15)6-7)3-4-9-12(10)14(17)18-13(9)16/h7-12H,3-6H2,1-2H3/t7-,8-,9+,10-,11-,12-/m0/s1. The number of hydrogen-bond donors (Lipinski definition) is 0. The SMILES string of the molecule is CC1(C)[C@H]2C[C@H]3[C@H](CC[C@H]4C(=O)OC(=O)[C@H]34)[C@@H]1C2. The minimum absolute atomic E-state index is 0.0994. The third-order valence-electron chi connectivity index (χ3n) is 6.65.